The number of aromatic amines is 1. The first-order valence-corrected chi connectivity index (χ1v) is 8.32. The van der Waals surface area contributed by atoms with E-state index in [9.17, 15) is 0 Å². The van der Waals surface area contributed by atoms with E-state index in [1.165, 1.54) is 10.9 Å². The number of hydrogen-bond acceptors (Lipinski definition) is 1. The molecular weight excluding hydrogens is 296 g/mol. The van der Waals surface area contributed by atoms with Gasteiger partial charge in [-0.05, 0) is 29.0 Å². The lowest BCUT2D eigenvalue weighted by molar-refractivity contribution is 0.697. The minimum atomic E-state index is 0.429. The van der Waals surface area contributed by atoms with Crippen molar-refractivity contribution in [2.45, 2.75) is 19.4 Å². The second kappa shape index (κ2) is 7.68. The summed E-state index contributed by atoms with van der Waals surface area (Å²) >= 11 is 0. The molecule has 0 spiro atoms. The SMILES string of the molecule is CN=C(NCc1cc2ccccc2[nH]1)NCC(C)c1ccccc1. The van der Waals surface area contributed by atoms with Gasteiger partial charge in [-0.2, -0.15) is 0 Å². The van der Waals surface area contributed by atoms with Crippen molar-refractivity contribution < 1.29 is 0 Å². The summed E-state index contributed by atoms with van der Waals surface area (Å²) in [6, 6.07) is 21.0. The first kappa shape index (κ1) is 16.1. The molecule has 0 saturated carbocycles. The molecule has 124 valence electrons. The molecular formula is C20H24N4. The number of hydrogen-bond donors (Lipinski definition) is 3. The van der Waals surface area contributed by atoms with Gasteiger partial charge in [-0.25, -0.2) is 0 Å². The molecule has 1 aromatic heterocycles. The minimum Gasteiger partial charge on any atom is -0.357 e. The van der Waals surface area contributed by atoms with E-state index >= 15 is 0 Å². The van der Waals surface area contributed by atoms with Gasteiger partial charge in [0.25, 0.3) is 0 Å². The van der Waals surface area contributed by atoms with Gasteiger partial charge in [-0.1, -0.05) is 55.5 Å². The van der Waals surface area contributed by atoms with Crippen LogP contribution in [0.25, 0.3) is 10.9 Å². The fourth-order valence-electron chi connectivity index (χ4n) is 2.78. The highest BCUT2D eigenvalue weighted by atomic mass is 15.2. The molecule has 1 atom stereocenters. The Hall–Kier alpha value is -2.75. The smallest absolute Gasteiger partial charge is 0.191 e. The van der Waals surface area contributed by atoms with Gasteiger partial charge in [0.2, 0.25) is 0 Å². The second-order valence-corrected chi connectivity index (χ2v) is 6.00. The molecule has 4 nitrogen and oxygen atoms in total. The van der Waals surface area contributed by atoms with Crippen molar-refractivity contribution in [1.29, 1.82) is 0 Å². The summed E-state index contributed by atoms with van der Waals surface area (Å²) in [4.78, 5) is 7.72. The topological polar surface area (TPSA) is 52.2 Å². The maximum absolute atomic E-state index is 4.30. The molecule has 3 N–H and O–H groups in total. The predicted octanol–water partition coefficient (Wildman–Crippen LogP) is 3.64. The molecule has 3 rings (SSSR count). The zero-order valence-electron chi connectivity index (χ0n) is 14.2. The Labute approximate surface area is 143 Å². The van der Waals surface area contributed by atoms with Crippen LogP contribution in [0.4, 0.5) is 0 Å². The second-order valence-electron chi connectivity index (χ2n) is 6.00. The summed E-state index contributed by atoms with van der Waals surface area (Å²) in [7, 11) is 1.80. The quantitative estimate of drug-likeness (QED) is 0.496. The average molecular weight is 320 g/mol. The van der Waals surface area contributed by atoms with Crippen LogP contribution in [0.1, 0.15) is 24.1 Å². The van der Waals surface area contributed by atoms with Gasteiger partial charge < -0.3 is 15.6 Å². The van der Waals surface area contributed by atoms with E-state index in [0.29, 0.717) is 12.5 Å². The van der Waals surface area contributed by atoms with E-state index in [2.05, 4.69) is 76.1 Å². The molecule has 0 aliphatic carbocycles. The van der Waals surface area contributed by atoms with Gasteiger partial charge in [0.1, 0.15) is 0 Å². The molecule has 0 saturated heterocycles. The maximum atomic E-state index is 4.30. The Balaban J connectivity index is 1.53. The molecule has 4 heteroatoms. The van der Waals surface area contributed by atoms with Crippen LogP contribution in [0.2, 0.25) is 0 Å². The van der Waals surface area contributed by atoms with E-state index in [-0.39, 0.29) is 0 Å². The zero-order chi connectivity index (χ0) is 16.8. The molecule has 0 aliphatic heterocycles. The van der Waals surface area contributed by atoms with Crippen molar-refractivity contribution in [2.75, 3.05) is 13.6 Å². The number of fused-ring (bicyclic) bond motifs is 1. The number of para-hydroxylation sites is 1. The predicted molar refractivity (Wildman–Crippen MR) is 101 cm³/mol. The largest absolute Gasteiger partial charge is 0.357 e. The lowest BCUT2D eigenvalue weighted by atomic mass is 10.0. The van der Waals surface area contributed by atoms with Crippen LogP contribution >= 0.6 is 0 Å². The monoisotopic (exact) mass is 320 g/mol. The summed E-state index contributed by atoms with van der Waals surface area (Å²) in [6.07, 6.45) is 0. The standard InChI is InChI=1S/C20H24N4/c1-15(16-8-4-3-5-9-16)13-22-20(21-2)23-14-18-12-17-10-6-7-11-19(17)24-18/h3-12,15,24H,13-14H2,1-2H3,(H2,21,22,23). The third-order valence-corrected chi connectivity index (χ3v) is 4.20. The highest BCUT2D eigenvalue weighted by molar-refractivity contribution is 5.81. The number of nitrogens with one attached hydrogen (secondary N) is 3. The molecule has 0 radical (unpaired) electrons. The number of aromatic nitrogens is 1. The molecule has 0 fully saturated rings. The fourth-order valence-corrected chi connectivity index (χ4v) is 2.78. The van der Waals surface area contributed by atoms with Crippen molar-refractivity contribution in [3.8, 4) is 0 Å². The van der Waals surface area contributed by atoms with Crippen molar-refractivity contribution >= 4 is 16.9 Å². The molecule has 0 bridgehead atoms. The van der Waals surface area contributed by atoms with Crippen molar-refractivity contribution in [3.63, 3.8) is 0 Å². The summed E-state index contributed by atoms with van der Waals surface area (Å²) in [5.74, 6) is 1.24. The average Bonchev–Trinajstić information content (AvgIpc) is 3.05. The van der Waals surface area contributed by atoms with E-state index in [0.717, 1.165) is 23.7 Å². The number of rotatable bonds is 5. The first-order valence-electron chi connectivity index (χ1n) is 8.32. The van der Waals surface area contributed by atoms with Gasteiger partial charge in [-0.3, -0.25) is 4.99 Å². The van der Waals surface area contributed by atoms with Crippen LogP contribution in [-0.4, -0.2) is 24.5 Å². The number of H-pyrrole nitrogens is 1. The summed E-state index contributed by atoms with van der Waals surface area (Å²) in [6.45, 7) is 3.78. The summed E-state index contributed by atoms with van der Waals surface area (Å²) in [5.41, 5.74) is 3.64. The molecule has 24 heavy (non-hydrogen) atoms. The number of aliphatic imine (C=N–C) groups is 1. The van der Waals surface area contributed by atoms with Gasteiger partial charge in [0.15, 0.2) is 5.96 Å². The highest BCUT2D eigenvalue weighted by Gasteiger charge is 2.06. The van der Waals surface area contributed by atoms with Crippen LogP contribution in [-0.2, 0) is 6.54 Å². The van der Waals surface area contributed by atoms with E-state index in [1.54, 1.807) is 7.05 Å². The molecule has 2 aromatic carbocycles. The Morgan fingerprint density at radius 3 is 2.54 bits per heavy atom. The van der Waals surface area contributed by atoms with Crippen molar-refractivity contribution in [1.82, 2.24) is 15.6 Å². The molecule has 0 amide bonds. The lowest BCUT2D eigenvalue weighted by Crippen LogP contribution is -2.38. The molecule has 1 heterocycles. The van der Waals surface area contributed by atoms with Gasteiger partial charge in [-0.15, -0.1) is 0 Å². The number of guanidine groups is 1. The van der Waals surface area contributed by atoms with Gasteiger partial charge >= 0.3 is 0 Å². The van der Waals surface area contributed by atoms with E-state index in [1.807, 2.05) is 12.1 Å². The molecule has 3 aromatic rings. The maximum Gasteiger partial charge on any atom is 0.191 e. The molecule has 0 aliphatic rings. The third-order valence-electron chi connectivity index (χ3n) is 4.20. The zero-order valence-corrected chi connectivity index (χ0v) is 14.2. The van der Waals surface area contributed by atoms with Crippen LogP contribution < -0.4 is 10.6 Å². The van der Waals surface area contributed by atoms with Crippen LogP contribution in [0.5, 0.6) is 0 Å². The van der Waals surface area contributed by atoms with Crippen LogP contribution in [0.3, 0.4) is 0 Å². The molecule has 1 unspecified atom stereocenters. The summed E-state index contributed by atoms with van der Waals surface area (Å²) in [5, 5.41) is 7.99. The first-order chi connectivity index (χ1) is 11.8. The lowest BCUT2D eigenvalue weighted by Gasteiger charge is -2.16. The Kier molecular flexibility index (Phi) is 5.16. The van der Waals surface area contributed by atoms with Crippen molar-refractivity contribution in [3.05, 3.63) is 71.9 Å². The Bertz CT molecular complexity index is 772. The van der Waals surface area contributed by atoms with Crippen molar-refractivity contribution in [2.24, 2.45) is 4.99 Å². The Morgan fingerprint density at radius 1 is 1.04 bits per heavy atom. The Morgan fingerprint density at radius 2 is 1.79 bits per heavy atom. The number of benzene rings is 2. The van der Waals surface area contributed by atoms with Crippen LogP contribution in [0, 0.1) is 0 Å². The van der Waals surface area contributed by atoms with E-state index < -0.39 is 0 Å². The summed E-state index contributed by atoms with van der Waals surface area (Å²) < 4.78 is 0. The third kappa shape index (κ3) is 3.96. The van der Waals surface area contributed by atoms with Gasteiger partial charge in [0.05, 0.1) is 6.54 Å². The number of nitrogens with zero attached hydrogens (tertiary/aromatic N) is 1. The van der Waals surface area contributed by atoms with Gasteiger partial charge in [0, 0.05) is 24.8 Å². The normalized spacial score (nSPS) is 13.0. The van der Waals surface area contributed by atoms with E-state index in [4.69, 9.17) is 0 Å². The minimum absolute atomic E-state index is 0.429. The highest BCUT2D eigenvalue weighted by Crippen LogP contribution is 2.14. The van der Waals surface area contributed by atoms with Crippen LogP contribution in [0.15, 0.2) is 65.7 Å². The fraction of sp³-hybridized carbons (Fsp3) is 0.250.